The van der Waals surface area contributed by atoms with Crippen molar-refractivity contribution in [3.05, 3.63) is 111 Å². The predicted molar refractivity (Wildman–Crippen MR) is 213 cm³/mol. The number of rotatable bonds is 14. The summed E-state index contributed by atoms with van der Waals surface area (Å²) in [6.07, 6.45) is 5.03. The van der Waals surface area contributed by atoms with Crippen molar-refractivity contribution in [2.24, 2.45) is 0 Å². The summed E-state index contributed by atoms with van der Waals surface area (Å²) in [5.41, 5.74) is 7.25. The molecule has 8 bridgehead atoms. The molecule has 0 amide bonds. The Kier molecular flexibility index (Phi) is 13.7. The van der Waals surface area contributed by atoms with Crippen LogP contribution in [0.4, 0.5) is 0 Å². The second-order valence-electron chi connectivity index (χ2n) is 14.7. The lowest BCUT2D eigenvalue weighted by Crippen LogP contribution is -2.25. The highest BCUT2D eigenvalue weighted by Crippen LogP contribution is 2.42. The van der Waals surface area contributed by atoms with Gasteiger partial charge in [0.25, 0.3) is 0 Å². The highest BCUT2D eigenvalue weighted by molar-refractivity contribution is 7.86. The molecule has 0 heterocycles. The lowest BCUT2D eigenvalue weighted by atomic mass is 9.89. The van der Waals surface area contributed by atoms with Gasteiger partial charge >= 0.3 is 5.97 Å². The smallest absolute Gasteiger partial charge is 0.337 e. The van der Waals surface area contributed by atoms with Gasteiger partial charge < -0.3 is 24.1 Å². The molecule has 8 heteroatoms. The van der Waals surface area contributed by atoms with Crippen LogP contribution in [-0.4, -0.2) is 46.5 Å². The van der Waals surface area contributed by atoms with Crippen LogP contribution in [-0.2, 0) is 36.5 Å². The molecule has 0 saturated heterocycles. The van der Waals surface area contributed by atoms with E-state index in [2.05, 4.69) is 63.2 Å². The Bertz CT molecular complexity index is 1920. The molecule has 0 saturated carbocycles. The van der Waals surface area contributed by atoms with Gasteiger partial charge in [-0.05, 0) is 85.9 Å². The monoisotopic (exact) mass is 740 g/mol. The van der Waals surface area contributed by atoms with E-state index in [0.29, 0.717) is 61.9 Å². The minimum Gasteiger partial charge on any atom is -0.493 e. The van der Waals surface area contributed by atoms with E-state index in [0.717, 1.165) is 81.9 Å². The topological polar surface area (TPSA) is 91.3 Å². The van der Waals surface area contributed by atoms with E-state index in [-0.39, 0.29) is 12.0 Å². The van der Waals surface area contributed by atoms with Crippen molar-refractivity contribution >= 4 is 16.8 Å². The van der Waals surface area contributed by atoms with Crippen molar-refractivity contribution in [3.63, 3.8) is 0 Å². The molecule has 0 spiro atoms. The summed E-state index contributed by atoms with van der Waals surface area (Å²) in [7, 11) is -1.65. The lowest BCUT2D eigenvalue weighted by Gasteiger charge is -2.26. The van der Waals surface area contributed by atoms with Crippen LogP contribution < -0.4 is 18.9 Å². The third kappa shape index (κ3) is 9.26. The quantitative estimate of drug-likeness (QED) is 0.121. The molecule has 1 atom stereocenters. The molecule has 0 aromatic heterocycles. The first kappa shape index (κ1) is 39.9. The first-order chi connectivity index (χ1) is 25.5. The Hall–Kier alpha value is -4.30. The summed E-state index contributed by atoms with van der Waals surface area (Å²) in [4.78, 5) is 13.7. The largest absolute Gasteiger partial charge is 0.493 e. The van der Waals surface area contributed by atoms with Crippen LogP contribution in [0, 0.1) is 0 Å². The van der Waals surface area contributed by atoms with E-state index in [1.165, 1.54) is 0 Å². The number of carboxylic acid groups (broad SMARTS) is 1. The third-order valence-electron chi connectivity index (χ3n) is 9.24. The maximum Gasteiger partial charge on any atom is 0.337 e. The van der Waals surface area contributed by atoms with Gasteiger partial charge in [0, 0.05) is 41.6 Å². The molecule has 0 fully saturated rings. The van der Waals surface area contributed by atoms with Crippen LogP contribution in [0.1, 0.15) is 129 Å². The molecular weight excluding hydrogens is 685 g/mol. The summed E-state index contributed by atoms with van der Waals surface area (Å²) in [5, 5.41) is 11.0. The average molecular weight is 741 g/mol. The number of benzene rings is 4. The average Bonchev–Trinajstić information content (AvgIpc) is 3.12. The Morgan fingerprint density at radius 1 is 0.585 bits per heavy atom. The van der Waals surface area contributed by atoms with Gasteiger partial charge in [-0.3, -0.25) is 4.21 Å². The van der Waals surface area contributed by atoms with Crippen LogP contribution >= 0.6 is 0 Å². The number of ether oxygens (including phenoxy) is 4. The van der Waals surface area contributed by atoms with E-state index in [1.54, 1.807) is 0 Å². The predicted octanol–water partition coefficient (Wildman–Crippen LogP) is 10.1. The van der Waals surface area contributed by atoms with Gasteiger partial charge in [-0.15, -0.1) is 0 Å². The first-order valence-electron chi connectivity index (χ1n) is 19.2. The SMILES string of the molecule is CCCOc1c2cccc1Cc1cccc(c1OCCC)Cc1c(OCCC)c(cc(S(=O)C(C)(C)C)c1C(=O)O)Cc1cccc(c1OCCC)C2. The van der Waals surface area contributed by atoms with Crippen molar-refractivity contribution in [1.82, 2.24) is 0 Å². The molecule has 4 aromatic carbocycles. The summed E-state index contributed by atoms with van der Waals surface area (Å²) < 4.78 is 39.9. The van der Waals surface area contributed by atoms with Gasteiger partial charge in [0.2, 0.25) is 0 Å². The zero-order chi connectivity index (χ0) is 38.1. The van der Waals surface area contributed by atoms with Crippen LogP contribution in [0.15, 0.2) is 65.6 Å². The highest BCUT2D eigenvalue weighted by Gasteiger charge is 2.32. The number of fused-ring (bicyclic) bond motifs is 8. The van der Waals surface area contributed by atoms with Crippen LogP contribution in [0.2, 0.25) is 0 Å². The number of hydrogen-bond acceptors (Lipinski definition) is 6. The molecule has 0 aliphatic heterocycles. The van der Waals surface area contributed by atoms with Gasteiger partial charge in [0.1, 0.15) is 23.0 Å². The molecule has 284 valence electrons. The van der Waals surface area contributed by atoms with E-state index in [1.807, 2.05) is 45.9 Å². The minimum absolute atomic E-state index is 0.0280. The lowest BCUT2D eigenvalue weighted by molar-refractivity contribution is 0.0691. The number of carboxylic acids is 1. The number of hydrogen-bond donors (Lipinski definition) is 1. The molecule has 1 unspecified atom stereocenters. The van der Waals surface area contributed by atoms with Gasteiger partial charge in [-0.1, -0.05) is 82.3 Å². The molecule has 4 aromatic rings. The maximum absolute atomic E-state index is 14.3. The van der Waals surface area contributed by atoms with Gasteiger partial charge in [0.05, 0.1) is 47.7 Å². The Morgan fingerprint density at radius 3 is 1.26 bits per heavy atom. The Morgan fingerprint density at radius 2 is 0.925 bits per heavy atom. The Labute approximate surface area is 318 Å². The molecule has 1 aliphatic carbocycles. The summed E-state index contributed by atoms with van der Waals surface area (Å²) in [5.74, 6) is 1.80. The molecule has 1 aliphatic rings. The second-order valence-corrected chi connectivity index (χ2v) is 16.9. The fourth-order valence-electron chi connectivity index (χ4n) is 6.87. The maximum atomic E-state index is 14.3. The summed E-state index contributed by atoms with van der Waals surface area (Å²) >= 11 is 0. The van der Waals surface area contributed by atoms with Crippen molar-refractivity contribution in [2.75, 3.05) is 26.4 Å². The fraction of sp³-hybridized carbons (Fsp3) is 0.444. The number of para-hydroxylation sites is 3. The fourth-order valence-corrected chi connectivity index (χ4v) is 8.18. The minimum atomic E-state index is -1.65. The summed E-state index contributed by atoms with van der Waals surface area (Å²) in [6, 6.07) is 20.5. The van der Waals surface area contributed by atoms with Gasteiger partial charge in [-0.2, -0.15) is 0 Å². The zero-order valence-corrected chi connectivity index (χ0v) is 33.4. The number of aromatic carboxylic acids is 1. The van der Waals surface area contributed by atoms with Crippen molar-refractivity contribution < 1.29 is 33.1 Å². The van der Waals surface area contributed by atoms with Gasteiger partial charge in [0.15, 0.2) is 0 Å². The second kappa shape index (κ2) is 18.2. The van der Waals surface area contributed by atoms with Gasteiger partial charge in [-0.25, -0.2) is 4.79 Å². The van der Waals surface area contributed by atoms with Crippen molar-refractivity contribution in [2.45, 2.75) is 109 Å². The molecule has 1 N–H and O–H groups in total. The van der Waals surface area contributed by atoms with Crippen LogP contribution in [0.5, 0.6) is 23.0 Å². The van der Waals surface area contributed by atoms with Crippen molar-refractivity contribution in [1.29, 1.82) is 0 Å². The van der Waals surface area contributed by atoms with Crippen LogP contribution in [0.3, 0.4) is 0 Å². The van der Waals surface area contributed by atoms with Crippen LogP contribution in [0.25, 0.3) is 0 Å². The van der Waals surface area contributed by atoms with Crippen molar-refractivity contribution in [3.8, 4) is 23.0 Å². The first-order valence-corrected chi connectivity index (χ1v) is 20.3. The molecule has 53 heavy (non-hydrogen) atoms. The Balaban J connectivity index is 1.91. The zero-order valence-electron chi connectivity index (χ0n) is 32.6. The standard InChI is InChI=1S/C45H56O7S/c1-8-21-49-40-30-15-12-16-31(40)26-33-18-14-20-35(42(33)51-23-10-3)28-37-39(44(46)47)38(53(48)45(5,6)7)29-36(43(37)52-24-11-4)27-34-19-13-17-32(25-30)41(34)50-22-9-2/h12-20,29H,8-11,21-28H2,1-7H3,(H,46,47). The molecule has 5 rings (SSSR count). The third-order valence-corrected chi connectivity index (χ3v) is 11.1. The van der Waals surface area contributed by atoms with E-state index in [9.17, 15) is 14.1 Å². The normalized spacial score (nSPS) is 13.3. The highest BCUT2D eigenvalue weighted by atomic mass is 32.2. The van der Waals surface area contributed by atoms with E-state index < -0.39 is 21.5 Å². The molecule has 7 nitrogen and oxygen atoms in total. The van der Waals surface area contributed by atoms with E-state index >= 15 is 0 Å². The summed E-state index contributed by atoms with van der Waals surface area (Å²) in [6.45, 7) is 16.0. The van der Waals surface area contributed by atoms with E-state index in [4.69, 9.17) is 18.9 Å². The molecule has 0 radical (unpaired) electrons. The molecular formula is C45H56O7S. The number of carbonyl (C=O) groups is 1.